The first kappa shape index (κ1) is 77.1. The summed E-state index contributed by atoms with van der Waals surface area (Å²) in [4.78, 5) is 71.7. The van der Waals surface area contributed by atoms with E-state index in [1.165, 1.54) is 89.9 Å². The number of esters is 4. The third-order valence-electron chi connectivity index (χ3n) is 14.1. The molecule has 0 radical (unpaired) electrons. The number of aliphatic hydroxyl groups is 1. The summed E-state index contributed by atoms with van der Waals surface area (Å²) in [6, 6.07) is 0. The van der Waals surface area contributed by atoms with Gasteiger partial charge in [-0.1, -0.05) is 241 Å². The number of carbonyl (C=O) groups is 4. The molecule has 0 rings (SSSR count). The van der Waals surface area contributed by atoms with Crippen LogP contribution in [0.2, 0.25) is 0 Å². The highest BCUT2D eigenvalue weighted by atomic mass is 31.2. The van der Waals surface area contributed by atoms with Gasteiger partial charge in [-0.3, -0.25) is 37.3 Å². The Morgan fingerprint density at radius 3 is 0.962 bits per heavy atom. The van der Waals surface area contributed by atoms with Gasteiger partial charge in [0.25, 0.3) is 0 Å². The zero-order valence-corrected chi connectivity index (χ0v) is 52.4. The van der Waals surface area contributed by atoms with Gasteiger partial charge in [0.05, 0.1) is 26.4 Å². The Morgan fingerprint density at radius 1 is 0.367 bits per heavy atom. The van der Waals surface area contributed by atoms with E-state index in [0.29, 0.717) is 25.7 Å². The monoisotopic (exact) mass is 1170 g/mol. The molecule has 0 aromatic rings. The molecule has 0 aliphatic carbocycles. The molecule has 0 spiro atoms. The van der Waals surface area contributed by atoms with Crippen LogP contribution in [0.4, 0.5) is 0 Å². The number of hydrogen-bond acceptors (Lipinski definition) is 15. The minimum atomic E-state index is -4.94. The van der Waals surface area contributed by atoms with Crippen molar-refractivity contribution in [1.29, 1.82) is 0 Å². The van der Waals surface area contributed by atoms with Crippen LogP contribution in [0.3, 0.4) is 0 Å². The normalized spacial score (nSPS) is 14.8. The van der Waals surface area contributed by atoms with Gasteiger partial charge in [0, 0.05) is 25.7 Å². The molecular formula is C60H116O17P2. The van der Waals surface area contributed by atoms with Gasteiger partial charge < -0.3 is 33.8 Å². The Hall–Kier alpha value is -1.94. The lowest BCUT2D eigenvalue weighted by molar-refractivity contribution is -0.161. The SMILES string of the molecule is CCCCCCCCCC(=O)O[C@H](COC(=O)CCCCCCC)COP(=O)(O)OC[C@H](O)COP(=O)(O)OC[C@@H](COC(=O)CCCCCCCCCCCCC(C)C)OC(=O)CCCCCCCCCCCCC(C)CC. The number of phosphoric acid groups is 2. The largest absolute Gasteiger partial charge is 0.472 e. The van der Waals surface area contributed by atoms with Crippen molar-refractivity contribution in [3.63, 3.8) is 0 Å². The number of carbonyl (C=O) groups excluding carboxylic acids is 4. The van der Waals surface area contributed by atoms with Crippen molar-refractivity contribution in [2.75, 3.05) is 39.6 Å². The van der Waals surface area contributed by atoms with Gasteiger partial charge in [0.15, 0.2) is 12.2 Å². The van der Waals surface area contributed by atoms with E-state index in [-0.39, 0.29) is 25.7 Å². The Labute approximate surface area is 479 Å². The molecule has 0 aromatic carbocycles. The maximum atomic E-state index is 12.9. The number of unbranched alkanes of at least 4 members (excludes halogenated alkanes) is 28. The summed E-state index contributed by atoms with van der Waals surface area (Å²) in [7, 11) is -9.87. The highest BCUT2D eigenvalue weighted by molar-refractivity contribution is 7.47. The second kappa shape index (κ2) is 52.8. The number of rotatable bonds is 59. The standard InChI is InChI=1S/C60H116O17P2/c1-7-10-12-14-23-32-38-44-59(64)76-55(48-70-57(62)42-36-28-13-11-8-2)50-74-78(66,67)72-46-54(61)47-73-79(68,69)75-51-56(49-71-58(63)43-37-31-26-21-17-15-19-24-29-34-40-52(4)5)77-60(65)45-39-33-27-22-18-16-20-25-30-35-41-53(6)9-3/h52-56,61H,7-51H2,1-6H3,(H,66,67)(H,68,69)/t53?,54-,55+,56+/m0/s1. The van der Waals surface area contributed by atoms with E-state index in [1.54, 1.807) is 0 Å². The van der Waals surface area contributed by atoms with Gasteiger partial charge in [0.1, 0.15) is 19.3 Å². The molecule has 17 nitrogen and oxygen atoms in total. The zero-order chi connectivity index (χ0) is 58.7. The Morgan fingerprint density at radius 2 is 0.646 bits per heavy atom. The van der Waals surface area contributed by atoms with Crippen LogP contribution < -0.4 is 0 Å². The summed E-state index contributed by atoms with van der Waals surface area (Å²) in [5.41, 5.74) is 0. The Kier molecular flexibility index (Phi) is 51.5. The van der Waals surface area contributed by atoms with Crippen molar-refractivity contribution in [2.45, 2.75) is 310 Å². The molecule has 0 aliphatic rings. The summed E-state index contributed by atoms with van der Waals surface area (Å²) in [6.07, 6.45) is 33.9. The molecule has 19 heteroatoms. The van der Waals surface area contributed by atoms with E-state index in [9.17, 15) is 43.2 Å². The van der Waals surface area contributed by atoms with Crippen LogP contribution in [-0.4, -0.2) is 96.7 Å². The van der Waals surface area contributed by atoms with Crippen LogP contribution in [0, 0.1) is 11.8 Å². The lowest BCUT2D eigenvalue weighted by Gasteiger charge is -2.21. The van der Waals surface area contributed by atoms with Crippen molar-refractivity contribution in [3.8, 4) is 0 Å². The Balaban J connectivity index is 5.17. The minimum absolute atomic E-state index is 0.102. The predicted molar refractivity (Wildman–Crippen MR) is 312 cm³/mol. The van der Waals surface area contributed by atoms with Crippen LogP contribution in [0.1, 0.15) is 292 Å². The van der Waals surface area contributed by atoms with Gasteiger partial charge in [-0.25, -0.2) is 9.13 Å². The van der Waals surface area contributed by atoms with E-state index in [4.69, 9.17) is 37.0 Å². The quantitative estimate of drug-likeness (QED) is 0.0222. The number of phosphoric ester groups is 2. The molecule has 0 bridgehead atoms. The fourth-order valence-corrected chi connectivity index (χ4v) is 10.4. The number of hydrogen-bond donors (Lipinski definition) is 3. The summed E-state index contributed by atoms with van der Waals surface area (Å²) in [5.74, 6) is -0.593. The van der Waals surface area contributed by atoms with E-state index in [1.807, 2.05) is 0 Å². The lowest BCUT2D eigenvalue weighted by atomic mass is 9.99. The van der Waals surface area contributed by atoms with Crippen LogP contribution >= 0.6 is 15.6 Å². The van der Waals surface area contributed by atoms with Crippen LogP contribution in [0.25, 0.3) is 0 Å². The predicted octanol–water partition coefficient (Wildman–Crippen LogP) is 16.1. The van der Waals surface area contributed by atoms with E-state index >= 15 is 0 Å². The van der Waals surface area contributed by atoms with Gasteiger partial charge in [-0.05, 0) is 37.5 Å². The number of aliphatic hydroxyl groups excluding tert-OH is 1. The van der Waals surface area contributed by atoms with Crippen LogP contribution in [0.5, 0.6) is 0 Å². The van der Waals surface area contributed by atoms with Crippen molar-refractivity contribution in [3.05, 3.63) is 0 Å². The van der Waals surface area contributed by atoms with Gasteiger partial charge in [-0.2, -0.15) is 0 Å². The van der Waals surface area contributed by atoms with Crippen molar-refractivity contribution < 1.29 is 80.2 Å². The van der Waals surface area contributed by atoms with E-state index < -0.39 is 97.5 Å². The molecule has 0 saturated heterocycles. The molecule has 3 N–H and O–H groups in total. The Bertz CT molecular complexity index is 1570. The molecule has 468 valence electrons. The average molecular weight is 1170 g/mol. The molecule has 0 heterocycles. The topological polar surface area (TPSA) is 237 Å². The van der Waals surface area contributed by atoms with Gasteiger partial charge >= 0.3 is 39.5 Å². The van der Waals surface area contributed by atoms with Gasteiger partial charge in [-0.15, -0.1) is 0 Å². The summed E-state index contributed by atoms with van der Waals surface area (Å²) >= 11 is 0. The fraction of sp³-hybridized carbons (Fsp3) is 0.933. The molecule has 3 unspecified atom stereocenters. The summed E-state index contributed by atoms with van der Waals surface area (Å²) < 4.78 is 67.5. The molecular weight excluding hydrogens is 1050 g/mol. The molecule has 0 fully saturated rings. The first-order valence-electron chi connectivity index (χ1n) is 31.5. The summed E-state index contributed by atoms with van der Waals surface area (Å²) in [6.45, 7) is 9.35. The molecule has 0 aliphatic heterocycles. The van der Waals surface area contributed by atoms with E-state index in [0.717, 1.165) is 121 Å². The second-order valence-electron chi connectivity index (χ2n) is 22.5. The fourth-order valence-electron chi connectivity index (χ4n) is 8.79. The smallest absolute Gasteiger partial charge is 0.462 e. The lowest BCUT2D eigenvalue weighted by Crippen LogP contribution is -2.30. The first-order valence-corrected chi connectivity index (χ1v) is 34.5. The van der Waals surface area contributed by atoms with Crippen molar-refractivity contribution >= 4 is 39.5 Å². The maximum absolute atomic E-state index is 12.9. The third kappa shape index (κ3) is 53.8. The maximum Gasteiger partial charge on any atom is 0.472 e. The highest BCUT2D eigenvalue weighted by Gasteiger charge is 2.30. The molecule has 0 aromatic heterocycles. The summed E-state index contributed by atoms with van der Waals surface area (Å²) in [5, 5.41) is 10.5. The first-order chi connectivity index (χ1) is 37.9. The molecule has 79 heavy (non-hydrogen) atoms. The third-order valence-corrected chi connectivity index (χ3v) is 16.0. The van der Waals surface area contributed by atoms with Crippen LogP contribution in [-0.2, 0) is 65.4 Å². The molecule has 0 amide bonds. The minimum Gasteiger partial charge on any atom is -0.462 e. The average Bonchev–Trinajstić information content (AvgIpc) is 3.41. The van der Waals surface area contributed by atoms with Gasteiger partial charge in [0.2, 0.25) is 0 Å². The zero-order valence-electron chi connectivity index (χ0n) is 50.7. The molecule has 6 atom stereocenters. The van der Waals surface area contributed by atoms with Crippen molar-refractivity contribution in [2.24, 2.45) is 11.8 Å². The van der Waals surface area contributed by atoms with E-state index in [2.05, 4.69) is 41.5 Å². The number of ether oxygens (including phenoxy) is 4. The highest BCUT2D eigenvalue weighted by Crippen LogP contribution is 2.45. The molecule has 0 saturated carbocycles. The van der Waals surface area contributed by atoms with Crippen LogP contribution in [0.15, 0.2) is 0 Å². The second-order valence-corrected chi connectivity index (χ2v) is 25.4. The van der Waals surface area contributed by atoms with Crippen molar-refractivity contribution in [1.82, 2.24) is 0 Å².